The van der Waals surface area contributed by atoms with Crippen molar-refractivity contribution in [2.75, 3.05) is 0 Å². The van der Waals surface area contributed by atoms with E-state index in [4.69, 9.17) is 4.52 Å². The van der Waals surface area contributed by atoms with Crippen LogP contribution in [-0.4, -0.2) is 21.0 Å². The van der Waals surface area contributed by atoms with Crippen LogP contribution >= 0.6 is 11.8 Å². The molecule has 1 N–H and O–H groups in total. The highest BCUT2D eigenvalue weighted by Gasteiger charge is 2.17. The number of thioether (sulfide) groups is 1. The highest BCUT2D eigenvalue weighted by molar-refractivity contribution is 7.98. The molecule has 0 fully saturated rings. The van der Waals surface area contributed by atoms with Crippen LogP contribution < -0.4 is 5.32 Å². The van der Waals surface area contributed by atoms with Crippen molar-refractivity contribution in [1.82, 2.24) is 20.4 Å². The number of amides is 1. The van der Waals surface area contributed by atoms with Crippen molar-refractivity contribution in [3.05, 3.63) is 71.0 Å². The summed E-state index contributed by atoms with van der Waals surface area (Å²) in [5.41, 5.74) is 3.41. The molecule has 0 saturated heterocycles. The lowest BCUT2D eigenvalue weighted by Gasteiger charge is -2.15. The summed E-state index contributed by atoms with van der Waals surface area (Å²) in [6.45, 7) is 5.73. The van der Waals surface area contributed by atoms with Gasteiger partial charge in [-0.3, -0.25) is 9.78 Å². The molecule has 0 bridgehead atoms. The Balaban J connectivity index is 1.73. The molecular weight excluding hydrogens is 348 g/mol. The van der Waals surface area contributed by atoms with Crippen LogP contribution in [-0.2, 0) is 5.75 Å². The molecule has 0 aliphatic heterocycles. The largest absolute Gasteiger partial charge is 0.361 e. The summed E-state index contributed by atoms with van der Waals surface area (Å²) >= 11 is 1.50. The predicted octanol–water partition coefficient (Wildman–Crippen LogP) is 3.86. The molecule has 6 nitrogen and oxygen atoms in total. The number of hydrogen-bond donors (Lipinski definition) is 1. The molecule has 7 heteroatoms. The first-order valence-electron chi connectivity index (χ1n) is 8.26. The molecule has 3 aromatic heterocycles. The molecule has 0 spiro atoms. The lowest BCUT2D eigenvalue weighted by atomic mass is 10.1. The Bertz CT molecular complexity index is 876. The van der Waals surface area contributed by atoms with Gasteiger partial charge in [0.1, 0.15) is 10.8 Å². The molecule has 0 saturated carbocycles. The van der Waals surface area contributed by atoms with Gasteiger partial charge >= 0.3 is 0 Å². The normalized spacial score (nSPS) is 12.0. The highest BCUT2D eigenvalue weighted by Crippen LogP contribution is 2.27. The van der Waals surface area contributed by atoms with Gasteiger partial charge in [0.25, 0.3) is 5.91 Å². The number of hydrogen-bond acceptors (Lipinski definition) is 6. The van der Waals surface area contributed by atoms with Gasteiger partial charge in [-0.25, -0.2) is 4.98 Å². The Hall–Kier alpha value is -2.67. The van der Waals surface area contributed by atoms with Crippen LogP contribution in [0.2, 0.25) is 0 Å². The number of pyridine rings is 2. The number of aromatic nitrogens is 3. The number of carbonyl (C=O) groups is 1. The average Bonchev–Trinajstić information content (AvgIpc) is 2.98. The van der Waals surface area contributed by atoms with Gasteiger partial charge in [0.05, 0.1) is 17.3 Å². The van der Waals surface area contributed by atoms with E-state index in [1.807, 2.05) is 32.9 Å². The van der Waals surface area contributed by atoms with Gasteiger partial charge in [0.2, 0.25) is 0 Å². The zero-order valence-corrected chi connectivity index (χ0v) is 15.7. The molecule has 3 heterocycles. The van der Waals surface area contributed by atoms with Crippen LogP contribution in [0.3, 0.4) is 0 Å². The molecule has 134 valence electrons. The first kappa shape index (κ1) is 18.1. The minimum Gasteiger partial charge on any atom is -0.361 e. The first-order chi connectivity index (χ1) is 12.6. The van der Waals surface area contributed by atoms with E-state index in [1.165, 1.54) is 11.8 Å². The second kappa shape index (κ2) is 8.14. The lowest BCUT2D eigenvalue weighted by molar-refractivity contribution is 0.0936. The summed E-state index contributed by atoms with van der Waals surface area (Å²) in [4.78, 5) is 21.2. The standard InChI is InChI=1S/C19H20N4O2S/c1-12(15-6-4-8-20-10-15)22-18(24)16-7-5-9-21-19(16)26-11-17-13(2)23-25-14(17)3/h4-10,12H,11H2,1-3H3,(H,22,24). The molecule has 26 heavy (non-hydrogen) atoms. The molecular formula is C19H20N4O2S. The number of nitrogens with zero attached hydrogens (tertiary/aromatic N) is 3. The Morgan fingerprint density at radius 3 is 2.77 bits per heavy atom. The fraction of sp³-hybridized carbons (Fsp3) is 0.263. The van der Waals surface area contributed by atoms with E-state index in [0.29, 0.717) is 16.3 Å². The van der Waals surface area contributed by atoms with Crippen LogP contribution in [0.4, 0.5) is 0 Å². The number of carbonyl (C=O) groups excluding carboxylic acids is 1. The molecule has 1 amide bonds. The van der Waals surface area contributed by atoms with Crippen molar-refractivity contribution in [2.24, 2.45) is 0 Å². The molecule has 1 atom stereocenters. The maximum Gasteiger partial charge on any atom is 0.254 e. The quantitative estimate of drug-likeness (QED) is 0.665. The van der Waals surface area contributed by atoms with Gasteiger partial charge < -0.3 is 9.84 Å². The Labute approximate surface area is 156 Å². The molecule has 1 unspecified atom stereocenters. The first-order valence-corrected chi connectivity index (χ1v) is 9.25. The molecule has 3 aromatic rings. The fourth-order valence-corrected chi connectivity index (χ4v) is 3.66. The van der Waals surface area contributed by atoms with Crippen LogP contribution in [0.15, 0.2) is 52.4 Å². The third-order valence-electron chi connectivity index (χ3n) is 4.08. The zero-order chi connectivity index (χ0) is 18.5. The van der Waals surface area contributed by atoms with Gasteiger partial charge in [0, 0.05) is 29.9 Å². The number of nitrogens with one attached hydrogen (secondary N) is 1. The topological polar surface area (TPSA) is 80.9 Å². The summed E-state index contributed by atoms with van der Waals surface area (Å²) in [6, 6.07) is 7.20. The third-order valence-corrected chi connectivity index (χ3v) is 5.11. The molecule has 3 rings (SSSR count). The molecule has 0 radical (unpaired) electrons. The van der Waals surface area contributed by atoms with Crippen molar-refractivity contribution in [3.8, 4) is 0 Å². The van der Waals surface area contributed by atoms with Crippen molar-refractivity contribution < 1.29 is 9.32 Å². The van der Waals surface area contributed by atoms with Gasteiger partial charge in [-0.05, 0) is 44.5 Å². The van der Waals surface area contributed by atoms with E-state index in [-0.39, 0.29) is 11.9 Å². The maximum absolute atomic E-state index is 12.7. The Morgan fingerprint density at radius 1 is 1.27 bits per heavy atom. The maximum atomic E-state index is 12.7. The van der Waals surface area contributed by atoms with E-state index in [1.54, 1.807) is 30.7 Å². The van der Waals surface area contributed by atoms with E-state index < -0.39 is 0 Å². The zero-order valence-electron chi connectivity index (χ0n) is 14.9. The van der Waals surface area contributed by atoms with E-state index in [0.717, 1.165) is 22.6 Å². The Morgan fingerprint density at radius 2 is 2.08 bits per heavy atom. The minimum atomic E-state index is -0.157. The van der Waals surface area contributed by atoms with Crippen molar-refractivity contribution in [3.63, 3.8) is 0 Å². The van der Waals surface area contributed by atoms with Gasteiger partial charge in [-0.15, -0.1) is 11.8 Å². The van der Waals surface area contributed by atoms with E-state index in [9.17, 15) is 4.79 Å². The fourth-order valence-electron chi connectivity index (χ4n) is 2.52. The van der Waals surface area contributed by atoms with Gasteiger partial charge in [0.15, 0.2) is 0 Å². The molecule has 0 aliphatic carbocycles. The molecule has 0 aliphatic rings. The van der Waals surface area contributed by atoms with Crippen LogP contribution in [0, 0.1) is 13.8 Å². The highest BCUT2D eigenvalue weighted by atomic mass is 32.2. The minimum absolute atomic E-state index is 0.142. The van der Waals surface area contributed by atoms with Crippen LogP contribution in [0.25, 0.3) is 0 Å². The lowest BCUT2D eigenvalue weighted by Crippen LogP contribution is -2.27. The van der Waals surface area contributed by atoms with Crippen molar-refractivity contribution >= 4 is 17.7 Å². The summed E-state index contributed by atoms with van der Waals surface area (Å²) in [5.74, 6) is 1.29. The van der Waals surface area contributed by atoms with Crippen molar-refractivity contribution in [1.29, 1.82) is 0 Å². The van der Waals surface area contributed by atoms with Gasteiger partial charge in [-0.2, -0.15) is 0 Å². The smallest absolute Gasteiger partial charge is 0.254 e. The summed E-state index contributed by atoms with van der Waals surface area (Å²) in [5, 5.41) is 7.65. The monoisotopic (exact) mass is 368 g/mol. The average molecular weight is 368 g/mol. The third kappa shape index (κ3) is 4.11. The number of aryl methyl sites for hydroxylation is 2. The second-order valence-electron chi connectivity index (χ2n) is 5.93. The van der Waals surface area contributed by atoms with Crippen molar-refractivity contribution in [2.45, 2.75) is 37.6 Å². The van der Waals surface area contributed by atoms with E-state index in [2.05, 4.69) is 20.4 Å². The van der Waals surface area contributed by atoms with E-state index >= 15 is 0 Å². The van der Waals surface area contributed by atoms with Crippen LogP contribution in [0.1, 0.15) is 45.9 Å². The Kier molecular flexibility index (Phi) is 5.68. The predicted molar refractivity (Wildman–Crippen MR) is 99.9 cm³/mol. The SMILES string of the molecule is Cc1noc(C)c1CSc1ncccc1C(=O)NC(C)c1cccnc1. The number of rotatable bonds is 6. The summed E-state index contributed by atoms with van der Waals surface area (Å²) in [6.07, 6.45) is 5.15. The summed E-state index contributed by atoms with van der Waals surface area (Å²) in [7, 11) is 0. The second-order valence-corrected chi connectivity index (χ2v) is 6.89. The molecule has 0 aromatic carbocycles. The van der Waals surface area contributed by atoms with Crippen LogP contribution in [0.5, 0.6) is 0 Å². The van der Waals surface area contributed by atoms with Gasteiger partial charge in [-0.1, -0.05) is 11.2 Å². The summed E-state index contributed by atoms with van der Waals surface area (Å²) < 4.78 is 5.19.